The van der Waals surface area contributed by atoms with Crippen LogP contribution in [0, 0.1) is 6.92 Å². The van der Waals surface area contributed by atoms with Gasteiger partial charge in [-0.25, -0.2) is 0 Å². The fourth-order valence-electron chi connectivity index (χ4n) is 1.50. The van der Waals surface area contributed by atoms with E-state index in [0.717, 1.165) is 5.56 Å². The zero-order chi connectivity index (χ0) is 13.2. The highest BCUT2D eigenvalue weighted by Crippen LogP contribution is 2.21. The number of hydrogen-bond donors (Lipinski definition) is 1. The van der Waals surface area contributed by atoms with Crippen LogP contribution in [0.4, 0.5) is 5.69 Å². The highest BCUT2D eigenvalue weighted by Gasteiger charge is 2.24. The van der Waals surface area contributed by atoms with Crippen LogP contribution in [0.25, 0.3) is 0 Å². The van der Waals surface area contributed by atoms with Crippen LogP contribution in [-0.4, -0.2) is 34.4 Å². The highest BCUT2D eigenvalue weighted by molar-refractivity contribution is 7.86. The van der Waals surface area contributed by atoms with Gasteiger partial charge in [0.1, 0.15) is 5.25 Å². The lowest BCUT2D eigenvalue weighted by atomic mass is 10.2. The zero-order valence-corrected chi connectivity index (χ0v) is 11.4. The Bertz CT molecular complexity index is 458. The maximum absolute atomic E-state index is 12.2. The molecule has 17 heavy (non-hydrogen) atoms. The van der Waals surface area contributed by atoms with Gasteiger partial charge >= 0.3 is 0 Å². The van der Waals surface area contributed by atoms with Crippen molar-refractivity contribution >= 4 is 22.4 Å². The van der Waals surface area contributed by atoms with Gasteiger partial charge < -0.3 is 10.6 Å². The highest BCUT2D eigenvalue weighted by atomic mass is 32.2. The van der Waals surface area contributed by atoms with Crippen LogP contribution in [0.1, 0.15) is 12.5 Å². The molecule has 0 aliphatic heterocycles. The van der Waals surface area contributed by atoms with Gasteiger partial charge in [0.15, 0.2) is 0 Å². The second kappa shape index (κ2) is 5.31. The summed E-state index contributed by atoms with van der Waals surface area (Å²) in [5.74, 6) is -0.164. The van der Waals surface area contributed by atoms with E-state index in [9.17, 15) is 9.00 Å². The topological polar surface area (TPSA) is 63.4 Å². The molecule has 1 rings (SSSR count). The molecule has 0 fully saturated rings. The summed E-state index contributed by atoms with van der Waals surface area (Å²) in [6, 6.07) is 5.33. The first-order valence-corrected chi connectivity index (χ1v) is 6.53. The number of amides is 1. The molecule has 1 aromatic rings. The van der Waals surface area contributed by atoms with E-state index in [0.29, 0.717) is 10.6 Å². The molecular formula is C12H18N2O2S. The molecule has 0 radical (unpaired) electrons. The van der Waals surface area contributed by atoms with Crippen molar-refractivity contribution in [3.8, 4) is 0 Å². The van der Waals surface area contributed by atoms with Gasteiger partial charge in [-0.2, -0.15) is 0 Å². The second-order valence-electron chi connectivity index (χ2n) is 4.21. The van der Waals surface area contributed by atoms with E-state index in [2.05, 4.69) is 0 Å². The van der Waals surface area contributed by atoms with Crippen LogP contribution in [0.15, 0.2) is 23.1 Å². The molecular weight excluding hydrogens is 236 g/mol. The summed E-state index contributed by atoms with van der Waals surface area (Å²) in [4.78, 5) is 13.7. The summed E-state index contributed by atoms with van der Waals surface area (Å²) in [7, 11) is 1.88. The smallest absolute Gasteiger partial charge is 0.237 e. The molecule has 0 aromatic heterocycles. The molecule has 1 amide bonds. The minimum Gasteiger partial charge on any atom is -0.398 e. The standard InChI is InChI=1S/C12H18N2O2S/c1-8-5-6-11(10(13)7-8)17(16)9(2)12(15)14(3)4/h5-7,9H,13H2,1-4H3. The minimum atomic E-state index is -1.41. The van der Waals surface area contributed by atoms with Crippen LogP contribution in [0.5, 0.6) is 0 Å². The number of hydrogen-bond acceptors (Lipinski definition) is 3. The van der Waals surface area contributed by atoms with Gasteiger partial charge in [0.25, 0.3) is 0 Å². The second-order valence-corrected chi connectivity index (χ2v) is 5.96. The molecule has 0 aliphatic carbocycles. The molecule has 0 saturated carbocycles. The van der Waals surface area contributed by atoms with Gasteiger partial charge in [-0.15, -0.1) is 0 Å². The van der Waals surface area contributed by atoms with Gasteiger partial charge in [-0.05, 0) is 31.5 Å². The first-order valence-electron chi connectivity index (χ1n) is 5.32. The van der Waals surface area contributed by atoms with Gasteiger partial charge in [-0.1, -0.05) is 6.07 Å². The summed E-state index contributed by atoms with van der Waals surface area (Å²) < 4.78 is 12.2. The molecule has 1 aromatic carbocycles. The SMILES string of the molecule is Cc1ccc(S(=O)C(C)C(=O)N(C)C)c(N)c1. The number of rotatable bonds is 3. The van der Waals surface area contributed by atoms with E-state index >= 15 is 0 Å². The number of carbonyl (C=O) groups is 1. The van der Waals surface area contributed by atoms with E-state index in [-0.39, 0.29) is 5.91 Å². The monoisotopic (exact) mass is 254 g/mol. The lowest BCUT2D eigenvalue weighted by Gasteiger charge is -2.17. The number of nitrogen functional groups attached to an aromatic ring is 1. The molecule has 0 spiro atoms. The summed E-state index contributed by atoms with van der Waals surface area (Å²) in [5, 5.41) is -0.588. The lowest BCUT2D eigenvalue weighted by Crippen LogP contribution is -2.34. The van der Waals surface area contributed by atoms with Gasteiger partial charge in [0, 0.05) is 19.8 Å². The molecule has 0 heterocycles. The third-order valence-electron chi connectivity index (χ3n) is 2.49. The third-order valence-corrected chi connectivity index (χ3v) is 4.14. The molecule has 0 aliphatic rings. The van der Waals surface area contributed by atoms with E-state index in [1.807, 2.05) is 13.0 Å². The predicted octanol–water partition coefficient (Wildman–Crippen LogP) is 1.16. The van der Waals surface area contributed by atoms with Crippen LogP contribution >= 0.6 is 0 Å². The van der Waals surface area contributed by atoms with Crippen LogP contribution in [-0.2, 0) is 15.6 Å². The largest absolute Gasteiger partial charge is 0.398 e. The maximum atomic E-state index is 12.2. The minimum absolute atomic E-state index is 0.164. The Balaban J connectivity index is 3.01. The molecule has 0 bridgehead atoms. The summed E-state index contributed by atoms with van der Waals surface area (Å²) >= 11 is 0. The van der Waals surface area contributed by atoms with Crippen molar-refractivity contribution in [2.24, 2.45) is 0 Å². The summed E-state index contributed by atoms with van der Waals surface area (Å²) in [5.41, 5.74) is 7.30. The van der Waals surface area contributed by atoms with Crippen LogP contribution < -0.4 is 5.73 Å². The molecule has 2 unspecified atom stereocenters. The Morgan fingerprint density at radius 3 is 2.47 bits per heavy atom. The molecule has 2 N–H and O–H groups in total. The average molecular weight is 254 g/mol. The van der Waals surface area contributed by atoms with Crippen molar-refractivity contribution in [3.63, 3.8) is 0 Å². The van der Waals surface area contributed by atoms with Crippen LogP contribution in [0.2, 0.25) is 0 Å². The van der Waals surface area contributed by atoms with Crippen molar-refractivity contribution in [1.29, 1.82) is 0 Å². The fourth-order valence-corrected chi connectivity index (χ4v) is 2.76. The number of carbonyl (C=O) groups excluding carboxylic acids is 1. The molecule has 2 atom stereocenters. The van der Waals surface area contributed by atoms with Crippen molar-refractivity contribution in [1.82, 2.24) is 4.90 Å². The Kier molecular flexibility index (Phi) is 4.28. The normalized spacial score (nSPS) is 14.1. The van der Waals surface area contributed by atoms with Gasteiger partial charge in [0.2, 0.25) is 5.91 Å². The van der Waals surface area contributed by atoms with E-state index in [1.165, 1.54) is 4.90 Å². The van der Waals surface area contributed by atoms with Crippen molar-refractivity contribution in [2.75, 3.05) is 19.8 Å². The molecule has 4 nitrogen and oxygen atoms in total. The van der Waals surface area contributed by atoms with Crippen molar-refractivity contribution < 1.29 is 9.00 Å². The number of aryl methyl sites for hydroxylation is 1. The van der Waals surface area contributed by atoms with Crippen molar-refractivity contribution in [3.05, 3.63) is 23.8 Å². The molecule has 5 heteroatoms. The van der Waals surface area contributed by atoms with Crippen LogP contribution in [0.3, 0.4) is 0 Å². The van der Waals surface area contributed by atoms with Crippen molar-refractivity contribution in [2.45, 2.75) is 24.0 Å². The predicted molar refractivity (Wildman–Crippen MR) is 70.2 cm³/mol. The Morgan fingerprint density at radius 2 is 2.00 bits per heavy atom. The summed E-state index contributed by atoms with van der Waals surface area (Å²) in [6.07, 6.45) is 0. The number of nitrogens with zero attached hydrogens (tertiary/aromatic N) is 1. The zero-order valence-electron chi connectivity index (χ0n) is 10.6. The quantitative estimate of drug-likeness (QED) is 0.823. The number of benzene rings is 1. The molecule has 0 saturated heterocycles. The number of anilines is 1. The van der Waals surface area contributed by atoms with Gasteiger partial charge in [-0.3, -0.25) is 9.00 Å². The Labute approximate surface area is 104 Å². The first-order chi connectivity index (χ1) is 7.84. The Hall–Kier alpha value is -1.36. The van der Waals surface area contributed by atoms with Gasteiger partial charge in [0.05, 0.1) is 15.7 Å². The first kappa shape index (κ1) is 13.7. The average Bonchev–Trinajstić information content (AvgIpc) is 2.26. The van der Waals surface area contributed by atoms with E-state index in [4.69, 9.17) is 5.73 Å². The maximum Gasteiger partial charge on any atom is 0.237 e. The lowest BCUT2D eigenvalue weighted by molar-refractivity contribution is -0.127. The third kappa shape index (κ3) is 3.06. The fraction of sp³-hybridized carbons (Fsp3) is 0.417. The molecule has 94 valence electrons. The van der Waals surface area contributed by atoms with E-state index < -0.39 is 16.0 Å². The summed E-state index contributed by atoms with van der Waals surface area (Å²) in [6.45, 7) is 3.56. The van der Waals surface area contributed by atoms with E-state index in [1.54, 1.807) is 33.2 Å². The Morgan fingerprint density at radius 1 is 1.41 bits per heavy atom. The number of nitrogens with two attached hydrogens (primary N) is 1.